The average molecular weight is 293 g/mol. The first-order valence-corrected chi connectivity index (χ1v) is 7.92. The van der Waals surface area contributed by atoms with Crippen LogP contribution in [0.4, 0.5) is 0 Å². The summed E-state index contributed by atoms with van der Waals surface area (Å²) in [5.41, 5.74) is 0. The van der Waals surface area contributed by atoms with Gasteiger partial charge in [0.25, 0.3) is 5.91 Å². The van der Waals surface area contributed by atoms with Crippen LogP contribution in [0.15, 0.2) is 0 Å². The van der Waals surface area contributed by atoms with Gasteiger partial charge in [-0.15, -0.1) is 5.10 Å². The molecule has 1 fully saturated rings. The van der Waals surface area contributed by atoms with Crippen LogP contribution < -0.4 is 5.32 Å². The van der Waals surface area contributed by atoms with E-state index in [9.17, 15) is 4.79 Å². The van der Waals surface area contributed by atoms with E-state index >= 15 is 0 Å². The maximum atomic E-state index is 12.5. The zero-order valence-electron chi connectivity index (χ0n) is 13.5. The van der Waals surface area contributed by atoms with Crippen LogP contribution in [0.25, 0.3) is 0 Å². The zero-order valence-corrected chi connectivity index (χ0v) is 13.5. The van der Waals surface area contributed by atoms with Crippen molar-refractivity contribution in [3.05, 3.63) is 11.6 Å². The van der Waals surface area contributed by atoms with Crippen LogP contribution in [-0.2, 0) is 0 Å². The van der Waals surface area contributed by atoms with Gasteiger partial charge in [-0.05, 0) is 25.3 Å². The molecule has 2 N–H and O–H groups in total. The second-order valence-corrected chi connectivity index (χ2v) is 6.52. The predicted octanol–water partition coefficient (Wildman–Crippen LogP) is 1.78. The number of aromatic amines is 1. The summed E-state index contributed by atoms with van der Waals surface area (Å²) in [6, 6.07) is 0.484. The normalized spacial score (nSPS) is 19.5. The summed E-state index contributed by atoms with van der Waals surface area (Å²) in [7, 11) is 0. The number of carbonyl (C=O) groups excluding carboxylic acids is 1. The summed E-state index contributed by atoms with van der Waals surface area (Å²) < 4.78 is 0. The van der Waals surface area contributed by atoms with Crippen LogP contribution in [0, 0.1) is 5.92 Å². The van der Waals surface area contributed by atoms with E-state index in [-0.39, 0.29) is 11.8 Å². The minimum atomic E-state index is -0.0487. The summed E-state index contributed by atoms with van der Waals surface area (Å²) >= 11 is 0. The minimum absolute atomic E-state index is 0.0487. The third-order valence-electron chi connectivity index (χ3n) is 3.86. The summed E-state index contributed by atoms with van der Waals surface area (Å²) in [6.45, 7) is 10.9. The number of H-pyrrole nitrogens is 1. The molecule has 0 aliphatic carbocycles. The number of carbonyl (C=O) groups is 1. The van der Waals surface area contributed by atoms with Gasteiger partial charge >= 0.3 is 0 Å². The van der Waals surface area contributed by atoms with Crippen LogP contribution in [0.1, 0.15) is 62.9 Å². The SMILES string of the molecule is CC(C)NCC1CCCN(C(=O)c2n[nH]c(C(C)C)n2)C1. The van der Waals surface area contributed by atoms with Crippen molar-refractivity contribution in [2.45, 2.75) is 52.5 Å². The predicted molar refractivity (Wildman–Crippen MR) is 82.2 cm³/mol. The second-order valence-electron chi connectivity index (χ2n) is 6.52. The number of hydrogen-bond donors (Lipinski definition) is 2. The van der Waals surface area contributed by atoms with Gasteiger partial charge in [0.2, 0.25) is 5.82 Å². The molecule has 1 aliphatic rings. The van der Waals surface area contributed by atoms with Crippen LogP contribution in [0.5, 0.6) is 0 Å². The van der Waals surface area contributed by atoms with E-state index in [0.29, 0.717) is 17.8 Å². The molecular formula is C15H27N5O. The molecule has 0 bridgehead atoms. The molecule has 2 heterocycles. The molecule has 1 saturated heterocycles. The van der Waals surface area contributed by atoms with E-state index in [4.69, 9.17) is 0 Å². The molecule has 1 unspecified atom stereocenters. The van der Waals surface area contributed by atoms with Gasteiger partial charge in [-0.25, -0.2) is 4.98 Å². The number of piperidine rings is 1. The summed E-state index contributed by atoms with van der Waals surface area (Å²) in [5, 5.41) is 10.4. The van der Waals surface area contributed by atoms with Crippen LogP contribution in [-0.4, -0.2) is 51.7 Å². The Morgan fingerprint density at radius 3 is 2.81 bits per heavy atom. The molecule has 0 radical (unpaired) electrons. The number of hydrogen-bond acceptors (Lipinski definition) is 4. The molecule has 1 atom stereocenters. The van der Waals surface area contributed by atoms with Gasteiger partial charge in [0.15, 0.2) is 0 Å². The van der Waals surface area contributed by atoms with Crippen molar-refractivity contribution in [2.24, 2.45) is 5.92 Å². The molecule has 6 heteroatoms. The highest BCUT2D eigenvalue weighted by atomic mass is 16.2. The smallest absolute Gasteiger partial charge is 0.293 e. The fraction of sp³-hybridized carbons (Fsp3) is 0.800. The molecule has 1 amide bonds. The summed E-state index contributed by atoms with van der Waals surface area (Å²) in [6.07, 6.45) is 2.23. The van der Waals surface area contributed by atoms with E-state index in [2.05, 4.69) is 34.3 Å². The number of likely N-dealkylation sites (tertiary alicyclic amines) is 1. The fourth-order valence-corrected chi connectivity index (χ4v) is 2.59. The largest absolute Gasteiger partial charge is 0.336 e. The maximum Gasteiger partial charge on any atom is 0.293 e. The monoisotopic (exact) mass is 293 g/mol. The molecule has 1 aliphatic heterocycles. The van der Waals surface area contributed by atoms with Gasteiger partial charge in [-0.3, -0.25) is 9.89 Å². The topological polar surface area (TPSA) is 73.9 Å². The Morgan fingerprint density at radius 2 is 2.19 bits per heavy atom. The zero-order chi connectivity index (χ0) is 15.4. The van der Waals surface area contributed by atoms with Crippen molar-refractivity contribution in [3.8, 4) is 0 Å². The Hall–Kier alpha value is -1.43. The molecule has 0 aromatic carbocycles. The van der Waals surface area contributed by atoms with E-state index in [1.54, 1.807) is 0 Å². The van der Waals surface area contributed by atoms with Crippen LogP contribution in [0.3, 0.4) is 0 Å². The second kappa shape index (κ2) is 7.02. The van der Waals surface area contributed by atoms with Crippen molar-refractivity contribution in [1.29, 1.82) is 0 Å². The lowest BCUT2D eigenvalue weighted by molar-refractivity contribution is 0.0660. The number of nitrogens with one attached hydrogen (secondary N) is 2. The molecule has 118 valence electrons. The molecule has 2 rings (SSSR count). The third kappa shape index (κ3) is 4.27. The lowest BCUT2D eigenvalue weighted by Crippen LogP contribution is -2.44. The van der Waals surface area contributed by atoms with Gasteiger partial charge in [-0.2, -0.15) is 0 Å². The first-order valence-electron chi connectivity index (χ1n) is 7.92. The van der Waals surface area contributed by atoms with Crippen LogP contribution >= 0.6 is 0 Å². The van der Waals surface area contributed by atoms with Gasteiger partial charge in [0.1, 0.15) is 5.82 Å². The standard InChI is InChI=1S/C15H27N5O/c1-10(2)13-17-14(19-18-13)15(21)20-7-5-6-12(9-20)8-16-11(3)4/h10-12,16H,5-9H2,1-4H3,(H,17,18,19). The quantitative estimate of drug-likeness (QED) is 0.868. The van der Waals surface area contributed by atoms with Crippen molar-refractivity contribution >= 4 is 5.91 Å². The van der Waals surface area contributed by atoms with Gasteiger partial charge in [-0.1, -0.05) is 27.7 Å². The Morgan fingerprint density at radius 1 is 1.43 bits per heavy atom. The minimum Gasteiger partial charge on any atom is -0.336 e. The van der Waals surface area contributed by atoms with Crippen LogP contribution in [0.2, 0.25) is 0 Å². The number of rotatable bonds is 5. The number of nitrogens with zero attached hydrogens (tertiary/aromatic N) is 3. The molecule has 0 spiro atoms. The van der Waals surface area contributed by atoms with E-state index < -0.39 is 0 Å². The van der Waals surface area contributed by atoms with Gasteiger partial charge in [0.05, 0.1) is 0 Å². The molecule has 21 heavy (non-hydrogen) atoms. The fourth-order valence-electron chi connectivity index (χ4n) is 2.59. The number of amides is 1. The molecule has 6 nitrogen and oxygen atoms in total. The number of aromatic nitrogens is 3. The van der Waals surface area contributed by atoms with E-state index in [1.165, 1.54) is 6.42 Å². The Balaban J connectivity index is 1.94. The molecule has 1 aromatic rings. The summed E-state index contributed by atoms with van der Waals surface area (Å²) in [4.78, 5) is 18.7. The van der Waals surface area contributed by atoms with Gasteiger partial charge in [0, 0.05) is 25.0 Å². The molecule has 1 aromatic heterocycles. The third-order valence-corrected chi connectivity index (χ3v) is 3.86. The molecular weight excluding hydrogens is 266 g/mol. The van der Waals surface area contributed by atoms with E-state index in [0.717, 1.165) is 31.9 Å². The first kappa shape index (κ1) is 15.9. The highest BCUT2D eigenvalue weighted by Gasteiger charge is 2.27. The Labute approximate surface area is 126 Å². The van der Waals surface area contributed by atoms with Crippen molar-refractivity contribution in [1.82, 2.24) is 25.4 Å². The maximum absolute atomic E-state index is 12.5. The van der Waals surface area contributed by atoms with Crippen molar-refractivity contribution < 1.29 is 4.79 Å². The first-order chi connectivity index (χ1) is 9.97. The molecule has 0 saturated carbocycles. The lowest BCUT2D eigenvalue weighted by Gasteiger charge is -2.32. The van der Waals surface area contributed by atoms with Gasteiger partial charge < -0.3 is 10.2 Å². The highest BCUT2D eigenvalue weighted by molar-refractivity contribution is 5.90. The average Bonchev–Trinajstić information content (AvgIpc) is 2.94. The highest BCUT2D eigenvalue weighted by Crippen LogP contribution is 2.18. The van der Waals surface area contributed by atoms with Crippen molar-refractivity contribution in [3.63, 3.8) is 0 Å². The van der Waals surface area contributed by atoms with E-state index in [1.807, 2.05) is 18.7 Å². The Bertz CT molecular complexity index is 468. The Kier molecular flexibility index (Phi) is 5.33. The lowest BCUT2D eigenvalue weighted by atomic mass is 9.97. The summed E-state index contributed by atoms with van der Waals surface area (Å²) in [5.74, 6) is 1.80. The van der Waals surface area contributed by atoms with Crippen molar-refractivity contribution in [2.75, 3.05) is 19.6 Å².